The lowest BCUT2D eigenvalue weighted by Gasteiger charge is -2.23. The number of aryl methyl sites for hydroxylation is 1. The SMILES string of the molecule is Cc1ccc2c(-c3ccc(Cl)cc3F)cn(C3=CC(c4cnn(C5CC5)c4)OCC3)c(=O)c2n1. The molecule has 6 rings (SSSR count). The largest absolute Gasteiger partial charge is 0.369 e. The molecule has 1 saturated carbocycles. The number of hydrogen-bond donors (Lipinski definition) is 0. The summed E-state index contributed by atoms with van der Waals surface area (Å²) >= 11 is 5.98. The molecular weight excluding hydrogens is 455 g/mol. The average Bonchev–Trinajstić information content (AvgIpc) is 3.56. The molecule has 1 aromatic carbocycles. The van der Waals surface area contributed by atoms with Crippen LogP contribution in [0.1, 0.15) is 42.7 Å². The Hall–Kier alpha value is -3.29. The fourth-order valence-electron chi connectivity index (χ4n) is 4.47. The molecule has 34 heavy (non-hydrogen) atoms. The van der Waals surface area contributed by atoms with Gasteiger partial charge in [-0.15, -0.1) is 0 Å². The van der Waals surface area contributed by atoms with Crippen molar-refractivity contribution < 1.29 is 9.13 Å². The summed E-state index contributed by atoms with van der Waals surface area (Å²) in [6.07, 6.45) is 10.0. The molecule has 1 aliphatic carbocycles. The Morgan fingerprint density at radius 3 is 2.79 bits per heavy atom. The van der Waals surface area contributed by atoms with Crippen LogP contribution in [0.15, 0.2) is 59.8 Å². The molecule has 4 heterocycles. The van der Waals surface area contributed by atoms with Gasteiger partial charge in [0.1, 0.15) is 17.4 Å². The summed E-state index contributed by atoms with van der Waals surface area (Å²) < 4.78 is 24.5. The minimum atomic E-state index is -0.453. The summed E-state index contributed by atoms with van der Waals surface area (Å²) in [6, 6.07) is 8.68. The Morgan fingerprint density at radius 1 is 1.15 bits per heavy atom. The van der Waals surface area contributed by atoms with Gasteiger partial charge in [-0.3, -0.25) is 14.0 Å². The van der Waals surface area contributed by atoms with Gasteiger partial charge in [0.15, 0.2) is 0 Å². The number of benzene rings is 1. The van der Waals surface area contributed by atoms with Crippen LogP contribution < -0.4 is 5.56 Å². The van der Waals surface area contributed by atoms with Crippen molar-refractivity contribution in [2.45, 2.75) is 38.3 Å². The first-order valence-corrected chi connectivity index (χ1v) is 11.7. The molecule has 0 N–H and O–H groups in total. The number of nitrogens with zero attached hydrogens (tertiary/aromatic N) is 4. The number of fused-ring (bicyclic) bond motifs is 1. The summed E-state index contributed by atoms with van der Waals surface area (Å²) in [4.78, 5) is 18.1. The van der Waals surface area contributed by atoms with Crippen molar-refractivity contribution in [1.29, 1.82) is 0 Å². The van der Waals surface area contributed by atoms with Crippen LogP contribution in [0.3, 0.4) is 0 Å². The second-order valence-corrected chi connectivity index (χ2v) is 9.31. The number of ether oxygens (including phenoxy) is 1. The molecule has 1 fully saturated rings. The highest BCUT2D eigenvalue weighted by Crippen LogP contribution is 2.36. The normalized spacial score (nSPS) is 18.3. The van der Waals surface area contributed by atoms with Crippen LogP contribution in [-0.4, -0.2) is 25.9 Å². The third-order valence-electron chi connectivity index (χ3n) is 6.41. The van der Waals surface area contributed by atoms with E-state index in [0.717, 1.165) is 29.8 Å². The van der Waals surface area contributed by atoms with Gasteiger partial charge in [-0.25, -0.2) is 9.37 Å². The molecule has 0 bridgehead atoms. The number of rotatable bonds is 4. The molecule has 1 unspecified atom stereocenters. The van der Waals surface area contributed by atoms with E-state index in [4.69, 9.17) is 16.3 Å². The van der Waals surface area contributed by atoms with Crippen molar-refractivity contribution in [1.82, 2.24) is 19.3 Å². The van der Waals surface area contributed by atoms with Gasteiger partial charge < -0.3 is 4.74 Å². The van der Waals surface area contributed by atoms with E-state index in [9.17, 15) is 9.18 Å². The zero-order valence-electron chi connectivity index (χ0n) is 18.5. The number of halogens is 2. The van der Waals surface area contributed by atoms with Crippen LogP contribution in [0.25, 0.3) is 27.7 Å². The highest BCUT2D eigenvalue weighted by atomic mass is 35.5. The molecule has 1 atom stereocenters. The Labute approximate surface area is 200 Å². The standard InChI is InChI=1S/C26H22ClFN4O2/c1-15-2-6-21-22(20-7-3-17(27)10-23(20)28)14-31(26(33)25(21)30-15)19-8-9-34-24(11-19)16-12-29-32(13-16)18-4-5-18/h2-3,6-7,10-14,18,24H,4-5,8-9H2,1H3. The minimum Gasteiger partial charge on any atom is -0.369 e. The smallest absolute Gasteiger partial charge is 0.281 e. The highest BCUT2D eigenvalue weighted by Gasteiger charge is 2.26. The van der Waals surface area contributed by atoms with Crippen LogP contribution in [0.5, 0.6) is 0 Å². The predicted molar refractivity (Wildman–Crippen MR) is 129 cm³/mol. The van der Waals surface area contributed by atoms with Gasteiger partial charge in [0, 0.05) is 57.3 Å². The Balaban J connectivity index is 1.51. The van der Waals surface area contributed by atoms with Gasteiger partial charge in [0.25, 0.3) is 5.56 Å². The average molecular weight is 477 g/mol. The molecule has 172 valence electrons. The quantitative estimate of drug-likeness (QED) is 0.379. The molecule has 0 radical (unpaired) electrons. The number of aromatic nitrogens is 4. The number of hydrogen-bond acceptors (Lipinski definition) is 4. The van der Waals surface area contributed by atoms with E-state index in [-0.39, 0.29) is 11.7 Å². The van der Waals surface area contributed by atoms with Gasteiger partial charge in [0.05, 0.1) is 18.8 Å². The monoisotopic (exact) mass is 476 g/mol. The van der Waals surface area contributed by atoms with Crippen LogP contribution in [0.2, 0.25) is 5.02 Å². The van der Waals surface area contributed by atoms with Crippen molar-refractivity contribution in [3.63, 3.8) is 0 Å². The Morgan fingerprint density at radius 2 is 2.00 bits per heavy atom. The van der Waals surface area contributed by atoms with E-state index in [2.05, 4.69) is 10.1 Å². The van der Waals surface area contributed by atoms with Gasteiger partial charge >= 0.3 is 0 Å². The molecule has 6 nitrogen and oxygen atoms in total. The van der Waals surface area contributed by atoms with Crippen molar-refractivity contribution >= 4 is 28.2 Å². The summed E-state index contributed by atoms with van der Waals surface area (Å²) in [6.45, 7) is 2.29. The fraction of sp³-hybridized carbons (Fsp3) is 0.269. The lowest BCUT2D eigenvalue weighted by atomic mass is 10.0. The first-order valence-electron chi connectivity index (χ1n) is 11.3. The van der Waals surface area contributed by atoms with Crippen molar-refractivity contribution in [3.05, 3.63) is 87.4 Å². The maximum Gasteiger partial charge on any atom is 0.281 e. The maximum absolute atomic E-state index is 14.9. The van der Waals surface area contributed by atoms with Gasteiger partial charge in [-0.2, -0.15) is 5.10 Å². The molecule has 1 aliphatic heterocycles. The second-order valence-electron chi connectivity index (χ2n) is 8.88. The third-order valence-corrected chi connectivity index (χ3v) is 6.64. The molecule has 4 aromatic rings. The molecular formula is C26H22ClFN4O2. The Kier molecular flexibility index (Phi) is 5.12. The lowest BCUT2D eigenvalue weighted by Crippen LogP contribution is -2.24. The zero-order chi connectivity index (χ0) is 23.4. The minimum absolute atomic E-state index is 0.239. The van der Waals surface area contributed by atoms with E-state index in [1.807, 2.05) is 42.2 Å². The molecule has 0 saturated heterocycles. The van der Waals surface area contributed by atoms with Gasteiger partial charge in [0.2, 0.25) is 0 Å². The van der Waals surface area contributed by atoms with E-state index in [1.54, 1.807) is 22.9 Å². The van der Waals surface area contributed by atoms with Crippen LogP contribution >= 0.6 is 11.6 Å². The van der Waals surface area contributed by atoms with Gasteiger partial charge in [-0.1, -0.05) is 17.7 Å². The van der Waals surface area contributed by atoms with Crippen LogP contribution in [-0.2, 0) is 4.74 Å². The van der Waals surface area contributed by atoms with Crippen LogP contribution in [0.4, 0.5) is 4.39 Å². The van der Waals surface area contributed by atoms with Crippen molar-refractivity contribution in [2.24, 2.45) is 0 Å². The molecule has 8 heteroatoms. The highest BCUT2D eigenvalue weighted by molar-refractivity contribution is 6.30. The summed E-state index contributed by atoms with van der Waals surface area (Å²) in [7, 11) is 0. The molecule has 3 aromatic heterocycles. The topological polar surface area (TPSA) is 61.9 Å². The second kappa shape index (κ2) is 8.18. The summed E-state index contributed by atoms with van der Waals surface area (Å²) in [5.74, 6) is -0.453. The first-order chi connectivity index (χ1) is 16.5. The van der Waals surface area contributed by atoms with E-state index in [1.165, 1.54) is 6.07 Å². The lowest BCUT2D eigenvalue weighted by molar-refractivity contribution is 0.0812. The summed E-state index contributed by atoms with van der Waals surface area (Å²) in [5.41, 5.74) is 3.48. The molecule has 0 amide bonds. The van der Waals surface area contributed by atoms with E-state index < -0.39 is 5.82 Å². The molecule has 2 aliphatic rings. The third kappa shape index (κ3) is 3.75. The van der Waals surface area contributed by atoms with Gasteiger partial charge in [-0.05, 0) is 50.1 Å². The van der Waals surface area contributed by atoms with E-state index in [0.29, 0.717) is 46.1 Å². The maximum atomic E-state index is 14.9. The molecule has 0 spiro atoms. The van der Waals surface area contributed by atoms with E-state index >= 15 is 0 Å². The first kappa shape index (κ1) is 21.3. The predicted octanol–water partition coefficient (Wildman–Crippen LogP) is 5.70. The fourth-order valence-corrected chi connectivity index (χ4v) is 4.63. The zero-order valence-corrected chi connectivity index (χ0v) is 19.3. The van der Waals surface area contributed by atoms with Crippen LogP contribution in [0, 0.1) is 12.7 Å². The van der Waals surface area contributed by atoms with Crippen molar-refractivity contribution in [3.8, 4) is 11.1 Å². The Bertz CT molecular complexity index is 1520. The number of pyridine rings is 2. The summed E-state index contributed by atoms with van der Waals surface area (Å²) in [5, 5.41) is 5.38. The van der Waals surface area contributed by atoms with Crippen molar-refractivity contribution in [2.75, 3.05) is 6.61 Å².